The number of piperazine rings is 2. The molecule has 0 unspecified atom stereocenters. The molecule has 1 saturated carbocycles. The zero-order chi connectivity index (χ0) is 22.0. The van der Waals surface area contributed by atoms with Crippen molar-refractivity contribution in [2.45, 2.75) is 25.0 Å². The minimum Gasteiger partial charge on any atom is -0.445 e. The monoisotopic (exact) mass is 432 g/mol. The molecule has 2 aliphatic heterocycles. The van der Waals surface area contributed by atoms with Gasteiger partial charge in [0.15, 0.2) is 0 Å². The van der Waals surface area contributed by atoms with Crippen molar-refractivity contribution in [2.24, 2.45) is 0 Å². The Morgan fingerprint density at radius 3 is 2.62 bits per heavy atom. The summed E-state index contributed by atoms with van der Waals surface area (Å²) in [5.74, 6) is 0.891. The van der Waals surface area contributed by atoms with Gasteiger partial charge in [-0.3, -0.25) is 0 Å². The summed E-state index contributed by atoms with van der Waals surface area (Å²) in [6.07, 6.45) is 2.05. The van der Waals surface area contributed by atoms with Crippen LogP contribution in [0.15, 0.2) is 42.5 Å². The number of nitrogens with zero attached hydrogens (tertiary/aromatic N) is 5. The van der Waals surface area contributed by atoms with Crippen molar-refractivity contribution in [2.75, 3.05) is 55.6 Å². The SMILES string of the molecule is N#Cc1cc(N2CCN(C(=O)OCc3ccccc3)CC2)cc(N2CCNCC23CC3)n1. The smallest absolute Gasteiger partial charge is 0.410 e. The van der Waals surface area contributed by atoms with Crippen molar-refractivity contribution in [3.05, 3.63) is 53.7 Å². The van der Waals surface area contributed by atoms with E-state index in [1.165, 1.54) is 0 Å². The van der Waals surface area contributed by atoms with Gasteiger partial charge in [-0.25, -0.2) is 9.78 Å². The van der Waals surface area contributed by atoms with E-state index >= 15 is 0 Å². The molecule has 3 fully saturated rings. The lowest BCUT2D eigenvalue weighted by Gasteiger charge is -2.39. The molecule has 2 aromatic rings. The molecule has 1 aromatic carbocycles. The maximum absolute atomic E-state index is 12.5. The van der Waals surface area contributed by atoms with Crippen molar-refractivity contribution >= 4 is 17.6 Å². The van der Waals surface area contributed by atoms with Crippen molar-refractivity contribution < 1.29 is 9.53 Å². The van der Waals surface area contributed by atoms with Gasteiger partial charge >= 0.3 is 6.09 Å². The summed E-state index contributed by atoms with van der Waals surface area (Å²) >= 11 is 0. The molecule has 1 aromatic heterocycles. The number of pyridine rings is 1. The second kappa shape index (κ2) is 8.67. The predicted octanol–water partition coefficient (Wildman–Crippen LogP) is 2.35. The average molecular weight is 433 g/mol. The molecule has 166 valence electrons. The van der Waals surface area contributed by atoms with Gasteiger partial charge < -0.3 is 24.8 Å². The molecular formula is C24H28N6O2. The summed E-state index contributed by atoms with van der Waals surface area (Å²) in [6.45, 7) is 5.66. The number of anilines is 2. The number of hydrogen-bond donors (Lipinski definition) is 1. The zero-order valence-corrected chi connectivity index (χ0v) is 18.2. The number of carbonyl (C=O) groups is 1. The second-order valence-electron chi connectivity index (χ2n) is 8.75. The lowest BCUT2D eigenvalue weighted by Crippen LogP contribution is -2.53. The molecule has 1 spiro atoms. The van der Waals surface area contributed by atoms with Gasteiger partial charge in [0.1, 0.15) is 24.2 Å². The molecule has 5 rings (SSSR count). The summed E-state index contributed by atoms with van der Waals surface area (Å²) in [6, 6.07) is 15.9. The molecule has 1 amide bonds. The van der Waals surface area contributed by atoms with Crippen LogP contribution in [0.3, 0.4) is 0 Å². The highest BCUT2D eigenvalue weighted by Gasteiger charge is 2.49. The third kappa shape index (κ3) is 4.21. The molecular weight excluding hydrogens is 404 g/mol. The number of aromatic nitrogens is 1. The van der Waals surface area contributed by atoms with Crippen LogP contribution in [0, 0.1) is 11.3 Å². The molecule has 0 radical (unpaired) electrons. The molecule has 8 heteroatoms. The minimum atomic E-state index is -0.280. The summed E-state index contributed by atoms with van der Waals surface area (Å²) in [5, 5.41) is 13.1. The van der Waals surface area contributed by atoms with Crippen LogP contribution in [0.25, 0.3) is 0 Å². The van der Waals surface area contributed by atoms with Crippen molar-refractivity contribution in [3.8, 4) is 6.07 Å². The highest BCUT2D eigenvalue weighted by Crippen LogP contribution is 2.44. The fourth-order valence-corrected chi connectivity index (χ4v) is 4.63. The third-order valence-corrected chi connectivity index (χ3v) is 6.66. The van der Waals surface area contributed by atoms with Gasteiger partial charge in [0.25, 0.3) is 0 Å². The second-order valence-corrected chi connectivity index (χ2v) is 8.75. The van der Waals surface area contributed by atoms with E-state index in [0.29, 0.717) is 31.9 Å². The predicted molar refractivity (Wildman–Crippen MR) is 122 cm³/mol. The molecule has 2 saturated heterocycles. The van der Waals surface area contributed by atoms with Crippen molar-refractivity contribution in [3.63, 3.8) is 0 Å². The fraction of sp³-hybridized carbons (Fsp3) is 0.458. The number of hydrogen-bond acceptors (Lipinski definition) is 7. The van der Waals surface area contributed by atoms with E-state index < -0.39 is 0 Å². The largest absolute Gasteiger partial charge is 0.445 e. The molecule has 0 bridgehead atoms. The normalized spacial score (nSPS) is 19.5. The van der Waals surface area contributed by atoms with Crippen LogP contribution in [0.2, 0.25) is 0 Å². The quantitative estimate of drug-likeness (QED) is 0.794. The first-order chi connectivity index (χ1) is 15.7. The summed E-state index contributed by atoms with van der Waals surface area (Å²) in [5.41, 5.74) is 2.58. The van der Waals surface area contributed by atoms with E-state index in [1.807, 2.05) is 36.4 Å². The number of carbonyl (C=O) groups excluding carboxylic acids is 1. The lowest BCUT2D eigenvalue weighted by atomic mass is 10.1. The van der Waals surface area contributed by atoms with E-state index in [9.17, 15) is 10.1 Å². The Labute approximate surface area is 188 Å². The number of nitriles is 1. The van der Waals surface area contributed by atoms with Crippen LogP contribution in [0.1, 0.15) is 24.1 Å². The van der Waals surface area contributed by atoms with Gasteiger partial charge in [-0.15, -0.1) is 0 Å². The van der Waals surface area contributed by atoms with Crippen LogP contribution >= 0.6 is 0 Å². The standard InChI is InChI=1S/C24H28N6O2/c25-16-20-14-21(15-22(27-20)30-9-8-26-18-24(30)6-7-24)28-10-12-29(13-11-28)23(31)32-17-19-4-2-1-3-5-19/h1-5,14-15,26H,6-13,17-18H2. The number of rotatable bonds is 4. The Bertz CT molecular complexity index is 1010. The van der Waals surface area contributed by atoms with Gasteiger partial charge in [0.05, 0.1) is 5.54 Å². The van der Waals surface area contributed by atoms with Crippen LogP contribution < -0.4 is 15.1 Å². The van der Waals surface area contributed by atoms with Crippen LogP contribution in [-0.4, -0.2) is 67.3 Å². The van der Waals surface area contributed by atoms with E-state index in [4.69, 9.17) is 4.74 Å². The van der Waals surface area contributed by atoms with E-state index in [1.54, 1.807) is 4.90 Å². The first-order valence-corrected chi connectivity index (χ1v) is 11.3. The first kappa shape index (κ1) is 20.6. The van der Waals surface area contributed by atoms with Crippen LogP contribution in [-0.2, 0) is 11.3 Å². The Balaban J connectivity index is 1.23. The average Bonchev–Trinajstić information content (AvgIpc) is 3.62. The van der Waals surface area contributed by atoms with Gasteiger partial charge in [-0.05, 0) is 24.5 Å². The Kier molecular flexibility index (Phi) is 5.58. The zero-order valence-electron chi connectivity index (χ0n) is 18.2. The molecule has 1 aliphatic carbocycles. The highest BCUT2D eigenvalue weighted by molar-refractivity contribution is 5.68. The Hall–Kier alpha value is -3.31. The van der Waals surface area contributed by atoms with Crippen molar-refractivity contribution in [1.29, 1.82) is 5.26 Å². The molecule has 8 nitrogen and oxygen atoms in total. The Morgan fingerprint density at radius 2 is 1.91 bits per heavy atom. The maximum atomic E-state index is 12.5. The van der Waals surface area contributed by atoms with Gasteiger partial charge in [-0.2, -0.15) is 5.26 Å². The number of ether oxygens (including phenoxy) is 1. The fourth-order valence-electron chi connectivity index (χ4n) is 4.63. The van der Waals surface area contributed by atoms with Crippen LogP contribution in [0.4, 0.5) is 16.3 Å². The lowest BCUT2D eigenvalue weighted by molar-refractivity contribution is 0.0942. The van der Waals surface area contributed by atoms with Crippen LogP contribution in [0.5, 0.6) is 0 Å². The summed E-state index contributed by atoms with van der Waals surface area (Å²) in [4.78, 5) is 23.5. The third-order valence-electron chi connectivity index (χ3n) is 6.66. The molecule has 1 N–H and O–H groups in total. The van der Waals surface area contributed by atoms with E-state index in [0.717, 1.165) is 49.5 Å². The maximum Gasteiger partial charge on any atom is 0.410 e. The van der Waals surface area contributed by atoms with Crippen molar-refractivity contribution in [1.82, 2.24) is 15.2 Å². The van der Waals surface area contributed by atoms with Gasteiger partial charge in [0, 0.05) is 57.6 Å². The number of benzene rings is 1. The number of nitrogens with one attached hydrogen (secondary N) is 1. The van der Waals surface area contributed by atoms with E-state index in [2.05, 4.69) is 32.2 Å². The number of amides is 1. The first-order valence-electron chi connectivity index (χ1n) is 11.3. The Morgan fingerprint density at radius 1 is 1.12 bits per heavy atom. The molecule has 32 heavy (non-hydrogen) atoms. The summed E-state index contributed by atoms with van der Waals surface area (Å²) in [7, 11) is 0. The summed E-state index contributed by atoms with van der Waals surface area (Å²) < 4.78 is 5.48. The van der Waals surface area contributed by atoms with E-state index in [-0.39, 0.29) is 18.2 Å². The minimum absolute atomic E-state index is 0.164. The topological polar surface area (TPSA) is 84.7 Å². The molecule has 3 aliphatic rings. The molecule has 3 heterocycles. The molecule has 0 atom stereocenters. The van der Waals surface area contributed by atoms with Gasteiger partial charge in [0.2, 0.25) is 0 Å². The highest BCUT2D eigenvalue weighted by atomic mass is 16.6. The van der Waals surface area contributed by atoms with Gasteiger partial charge in [-0.1, -0.05) is 30.3 Å².